The number of amides is 1. The summed E-state index contributed by atoms with van der Waals surface area (Å²) in [6.07, 6.45) is 16.0. The van der Waals surface area contributed by atoms with Crippen molar-refractivity contribution in [1.29, 1.82) is 0 Å². The van der Waals surface area contributed by atoms with E-state index in [-0.39, 0.29) is 23.5 Å². The Kier molecular flexibility index (Phi) is 8.90. The molecule has 2 atom stereocenters. The molecule has 0 aliphatic heterocycles. The minimum absolute atomic E-state index is 0.0349. The number of carboxylic acids is 1. The molecule has 0 radical (unpaired) electrons. The van der Waals surface area contributed by atoms with Crippen LogP contribution < -0.4 is 5.32 Å². The van der Waals surface area contributed by atoms with Crippen LogP contribution in [0.2, 0.25) is 0 Å². The molecule has 1 amide bonds. The van der Waals surface area contributed by atoms with E-state index in [2.05, 4.69) is 11.2 Å². The van der Waals surface area contributed by atoms with E-state index in [4.69, 9.17) is 15.9 Å². The van der Waals surface area contributed by atoms with Gasteiger partial charge in [0, 0.05) is 26.2 Å². The molecule has 2 N–H and O–H groups in total. The highest BCUT2D eigenvalue weighted by molar-refractivity contribution is 6.04. The van der Waals surface area contributed by atoms with Crippen LogP contribution in [0.25, 0.3) is 0 Å². The number of hydrogen-bond donors (Lipinski definition) is 2. The second-order valence-electron chi connectivity index (χ2n) is 6.40. The summed E-state index contributed by atoms with van der Waals surface area (Å²) in [7, 11) is 1.60. The number of carbonyl (C=O) groups is 2. The maximum atomic E-state index is 12.2. The van der Waals surface area contributed by atoms with Crippen molar-refractivity contribution in [3.05, 3.63) is 65.8 Å². The fourth-order valence-electron chi connectivity index (χ4n) is 2.79. The molecule has 0 spiro atoms. The molecule has 0 saturated carbocycles. The highest BCUT2D eigenvalue weighted by Crippen LogP contribution is 2.19. The highest BCUT2D eigenvalue weighted by Gasteiger charge is 2.20. The van der Waals surface area contributed by atoms with Gasteiger partial charge in [0.1, 0.15) is 12.2 Å². The molecular formula is C23H25NO5. The molecule has 152 valence electrons. The lowest BCUT2D eigenvalue weighted by Gasteiger charge is -2.24. The predicted octanol–water partition coefficient (Wildman–Crippen LogP) is 3.58. The molecule has 0 fully saturated rings. The van der Waals surface area contributed by atoms with Crippen molar-refractivity contribution >= 4 is 17.6 Å². The summed E-state index contributed by atoms with van der Waals surface area (Å²) in [6.45, 7) is 0.598. The third kappa shape index (κ3) is 7.07. The Bertz CT molecular complexity index is 847. The summed E-state index contributed by atoms with van der Waals surface area (Å²) in [5.74, 6) is 1.08. The van der Waals surface area contributed by atoms with Crippen molar-refractivity contribution in [2.75, 3.05) is 19.0 Å². The van der Waals surface area contributed by atoms with Crippen LogP contribution in [0.5, 0.6) is 0 Å². The standard InChI is InChI=1S/C23H25NO5/c1-3-4-5-8-15-29-20-13-11-17(16-21(20)28-2)12-14-22(25)24-19-10-7-6-9-18(19)23(26)27/h1,6-7,9-14,16,20-21H,4-5,8,15H2,2H3,(H,24,25)(H,26,27)/b14-12+. The minimum atomic E-state index is -1.10. The van der Waals surface area contributed by atoms with Gasteiger partial charge in [0.2, 0.25) is 5.91 Å². The number of methoxy groups -OCH3 is 1. The van der Waals surface area contributed by atoms with E-state index >= 15 is 0 Å². The summed E-state index contributed by atoms with van der Waals surface area (Å²) in [5.41, 5.74) is 1.08. The number of rotatable bonds is 10. The number of aromatic carboxylic acids is 1. The molecule has 1 aromatic rings. The molecule has 1 aliphatic rings. The number of unbranched alkanes of at least 4 members (excludes halogenated alkanes) is 2. The summed E-state index contributed by atoms with van der Waals surface area (Å²) in [5, 5.41) is 11.8. The van der Waals surface area contributed by atoms with Gasteiger partial charge in [0.15, 0.2) is 0 Å². The summed E-state index contributed by atoms with van der Waals surface area (Å²) < 4.78 is 11.3. The van der Waals surface area contributed by atoms with Gasteiger partial charge in [-0.3, -0.25) is 4.79 Å². The number of hydrogen-bond acceptors (Lipinski definition) is 4. The van der Waals surface area contributed by atoms with E-state index in [9.17, 15) is 14.7 Å². The minimum Gasteiger partial charge on any atom is -0.478 e. The lowest BCUT2D eigenvalue weighted by Crippen LogP contribution is -2.30. The number of carbonyl (C=O) groups excluding carboxylic acids is 1. The first-order chi connectivity index (χ1) is 14.0. The van der Waals surface area contributed by atoms with Crippen molar-refractivity contribution in [3.63, 3.8) is 0 Å². The Morgan fingerprint density at radius 1 is 1.28 bits per heavy atom. The zero-order valence-electron chi connectivity index (χ0n) is 16.3. The highest BCUT2D eigenvalue weighted by atomic mass is 16.5. The zero-order valence-corrected chi connectivity index (χ0v) is 16.3. The van der Waals surface area contributed by atoms with Crippen LogP contribution in [-0.2, 0) is 14.3 Å². The van der Waals surface area contributed by atoms with Gasteiger partial charge in [0.25, 0.3) is 0 Å². The molecule has 6 nitrogen and oxygen atoms in total. The molecule has 6 heteroatoms. The lowest BCUT2D eigenvalue weighted by atomic mass is 10.0. The fraction of sp³-hybridized carbons (Fsp3) is 0.304. The maximum absolute atomic E-state index is 12.2. The van der Waals surface area contributed by atoms with Crippen molar-refractivity contribution < 1.29 is 24.2 Å². The molecule has 2 rings (SSSR count). The smallest absolute Gasteiger partial charge is 0.337 e. The Hall–Kier alpha value is -3.14. The number of para-hydroxylation sites is 1. The zero-order chi connectivity index (χ0) is 21.1. The van der Waals surface area contributed by atoms with Gasteiger partial charge >= 0.3 is 5.97 Å². The Morgan fingerprint density at radius 3 is 2.79 bits per heavy atom. The van der Waals surface area contributed by atoms with E-state index in [1.54, 1.807) is 31.4 Å². The topological polar surface area (TPSA) is 84.9 Å². The maximum Gasteiger partial charge on any atom is 0.337 e. The van der Waals surface area contributed by atoms with Crippen LogP contribution >= 0.6 is 0 Å². The number of terminal acetylenes is 1. The van der Waals surface area contributed by atoms with E-state index in [1.165, 1.54) is 12.1 Å². The monoisotopic (exact) mass is 395 g/mol. The number of benzene rings is 1. The number of nitrogens with one attached hydrogen (secondary N) is 1. The summed E-state index contributed by atoms with van der Waals surface area (Å²) in [6, 6.07) is 6.24. The van der Waals surface area contributed by atoms with Gasteiger partial charge in [-0.2, -0.15) is 0 Å². The van der Waals surface area contributed by atoms with E-state index in [0.29, 0.717) is 6.61 Å². The largest absolute Gasteiger partial charge is 0.478 e. The molecule has 2 unspecified atom stereocenters. The number of anilines is 1. The fourth-order valence-corrected chi connectivity index (χ4v) is 2.79. The predicted molar refractivity (Wildman–Crippen MR) is 112 cm³/mol. The second kappa shape index (κ2) is 11.6. The van der Waals surface area contributed by atoms with Crippen molar-refractivity contribution in [2.24, 2.45) is 0 Å². The van der Waals surface area contributed by atoms with E-state index < -0.39 is 11.9 Å². The van der Waals surface area contributed by atoms with E-state index in [1.807, 2.05) is 18.2 Å². The van der Waals surface area contributed by atoms with Gasteiger partial charge in [-0.25, -0.2) is 4.79 Å². The molecule has 0 bridgehead atoms. The normalized spacial score (nSPS) is 18.3. The molecule has 0 aromatic heterocycles. The van der Waals surface area contributed by atoms with Gasteiger partial charge in [0.05, 0.1) is 11.3 Å². The van der Waals surface area contributed by atoms with Gasteiger partial charge in [-0.05, 0) is 42.7 Å². The van der Waals surface area contributed by atoms with Crippen LogP contribution in [0.3, 0.4) is 0 Å². The SMILES string of the molecule is C#CCCCCOC1C=CC(/C=C/C(=O)Nc2ccccc2C(=O)O)=CC1OC. The van der Waals surface area contributed by atoms with Crippen LogP contribution in [0.4, 0.5) is 5.69 Å². The molecule has 0 heterocycles. The van der Waals surface area contributed by atoms with Crippen molar-refractivity contribution in [3.8, 4) is 12.3 Å². The third-order valence-electron chi connectivity index (χ3n) is 4.30. The first-order valence-corrected chi connectivity index (χ1v) is 9.34. The molecule has 29 heavy (non-hydrogen) atoms. The van der Waals surface area contributed by atoms with Gasteiger partial charge in [-0.1, -0.05) is 24.3 Å². The molecule has 0 saturated heterocycles. The first kappa shape index (κ1) is 22.2. The molecule has 1 aliphatic carbocycles. The summed E-state index contributed by atoms with van der Waals surface area (Å²) in [4.78, 5) is 23.4. The third-order valence-corrected chi connectivity index (χ3v) is 4.30. The Labute approximate surface area is 170 Å². The number of ether oxygens (including phenoxy) is 2. The van der Waals surface area contributed by atoms with Crippen LogP contribution in [0.1, 0.15) is 29.6 Å². The van der Waals surface area contributed by atoms with Gasteiger partial charge < -0.3 is 19.9 Å². The summed E-state index contributed by atoms with van der Waals surface area (Å²) >= 11 is 0. The van der Waals surface area contributed by atoms with Crippen LogP contribution in [0.15, 0.2) is 60.2 Å². The van der Waals surface area contributed by atoms with Crippen LogP contribution in [0, 0.1) is 12.3 Å². The Morgan fingerprint density at radius 2 is 2.07 bits per heavy atom. The second-order valence-corrected chi connectivity index (χ2v) is 6.40. The van der Waals surface area contributed by atoms with E-state index in [0.717, 1.165) is 24.8 Å². The number of allylic oxidation sites excluding steroid dienone is 3. The Balaban J connectivity index is 1.92. The molecular weight excluding hydrogens is 370 g/mol. The first-order valence-electron chi connectivity index (χ1n) is 9.34. The average Bonchev–Trinajstić information content (AvgIpc) is 2.72. The van der Waals surface area contributed by atoms with Crippen LogP contribution in [-0.4, -0.2) is 42.9 Å². The number of carboxylic acid groups (broad SMARTS) is 1. The lowest BCUT2D eigenvalue weighted by molar-refractivity contribution is -0.111. The molecule has 1 aromatic carbocycles. The van der Waals surface area contributed by atoms with Crippen molar-refractivity contribution in [2.45, 2.75) is 31.5 Å². The quantitative estimate of drug-likeness (QED) is 0.359. The average molecular weight is 395 g/mol. The van der Waals surface area contributed by atoms with Gasteiger partial charge in [-0.15, -0.1) is 12.3 Å². The van der Waals surface area contributed by atoms with Crippen molar-refractivity contribution in [1.82, 2.24) is 0 Å².